The first-order valence-electron chi connectivity index (χ1n) is 12.5. The van der Waals surface area contributed by atoms with Gasteiger partial charge in [-0.1, -0.05) is 60.7 Å². The van der Waals surface area contributed by atoms with Gasteiger partial charge in [-0.2, -0.15) is 0 Å². The van der Waals surface area contributed by atoms with Gasteiger partial charge in [0.1, 0.15) is 6.04 Å². The molecule has 3 aromatic rings. The van der Waals surface area contributed by atoms with E-state index < -0.39 is 23.9 Å². The molecule has 10 nitrogen and oxygen atoms in total. The third-order valence-corrected chi connectivity index (χ3v) is 5.85. The average molecular weight is 518 g/mol. The summed E-state index contributed by atoms with van der Waals surface area (Å²) in [5, 5.41) is 6.40. The largest absolute Gasteiger partial charge is 0.343 e. The third kappa shape index (κ3) is 8.48. The highest BCUT2D eigenvalue weighted by atomic mass is 16.2. The quantitative estimate of drug-likeness (QED) is 0.227. The van der Waals surface area contributed by atoms with Gasteiger partial charge < -0.3 is 32.7 Å². The highest BCUT2D eigenvalue weighted by molar-refractivity contribution is 5.99. The van der Waals surface area contributed by atoms with Gasteiger partial charge in [-0.05, 0) is 24.1 Å². The van der Waals surface area contributed by atoms with Crippen molar-refractivity contribution in [3.05, 3.63) is 78.5 Å². The van der Waals surface area contributed by atoms with Crippen molar-refractivity contribution < 1.29 is 14.4 Å². The number of aromatic nitrogens is 1. The highest BCUT2D eigenvalue weighted by Crippen LogP contribution is 2.16. The minimum absolute atomic E-state index is 0.209. The number of nitrogens with two attached hydrogens (primary N) is 3. The van der Waals surface area contributed by atoms with Crippen LogP contribution in [0, 0.1) is 0 Å². The number of nitrogens with zero attached hydrogens (tertiary/aromatic N) is 2. The van der Waals surface area contributed by atoms with E-state index in [1.807, 2.05) is 66.7 Å². The van der Waals surface area contributed by atoms with Crippen molar-refractivity contribution in [2.75, 3.05) is 31.5 Å². The standard InChI is InChI=1S/C28H35N7O3/c29-13-15-35(16-14-30)26(36)18-23(31)27(37)34-25(12-6-9-20-7-2-1-3-8-20)28(38)33-22-17-21-10-4-5-11-24(21)32-19-22/h1-11,17,19,23,25H,12-16,18,29-31H2,(H,33,38)(H,34,37)/t23-,25-/m0/s1. The number of anilines is 1. The first-order chi connectivity index (χ1) is 18.4. The zero-order valence-corrected chi connectivity index (χ0v) is 21.3. The Labute approximate surface area is 222 Å². The van der Waals surface area contributed by atoms with Gasteiger partial charge in [-0.3, -0.25) is 19.4 Å². The lowest BCUT2D eigenvalue weighted by Crippen LogP contribution is -2.51. The van der Waals surface area contributed by atoms with Crippen molar-refractivity contribution in [1.29, 1.82) is 0 Å². The Hall–Kier alpha value is -4.12. The smallest absolute Gasteiger partial charge is 0.247 e. The molecule has 0 spiro atoms. The van der Waals surface area contributed by atoms with Crippen LogP contribution in [0.25, 0.3) is 17.0 Å². The van der Waals surface area contributed by atoms with Crippen LogP contribution in [-0.4, -0.2) is 65.9 Å². The second-order valence-corrected chi connectivity index (χ2v) is 8.78. The number of nitrogens with one attached hydrogen (secondary N) is 2. The lowest BCUT2D eigenvalue weighted by atomic mass is 10.1. The molecule has 0 aliphatic heterocycles. The van der Waals surface area contributed by atoms with Gasteiger partial charge in [-0.15, -0.1) is 0 Å². The van der Waals surface area contributed by atoms with E-state index in [-0.39, 0.29) is 31.8 Å². The molecule has 0 bridgehead atoms. The summed E-state index contributed by atoms with van der Waals surface area (Å²) >= 11 is 0. The summed E-state index contributed by atoms with van der Waals surface area (Å²) in [4.78, 5) is 44.6. The highest BCUT2D eigenvalue weighted by Gasteiger charge is 2.26. The normalized spacial score (nSPS) is 12.7. The SMILES string of the molecule is NCCN(CCN)C(=O)C[C@H](N)C(=O)N[C@@H](CC=Cc1ccccc1)C(=O)Nc1cnc2ccccc2c1. The predicted octanol–water partition coefficient (Wildman–Crippen LogP) is 1.23. The summed E-state index contributed by atoms with van der Waals surface area (Å²) in [5.41, 5.74) is 19.4. The predicted molar refractivity (Wildman–Crippen MR) is 150 cm³/mol. The fraction of sp³-hybridized carbons (Fsp3) is 0.286. The molecule has 0 unspecified atom stereocenters. The molecule has 0 radical (unpaired) electrons. The molecule has 0 aliphatic rings. The topological polar surface area (TPSA) is 169 Å². The fourth-order valence-electron chi connectivity index (χ4n) is 3.87. The van der Waals surface area contributed by atoms with Gasteiger partial charge in [0.2, 0.25) is 17.7 Å². The second-order valence-electron chi connectivity index (χ2n) is 8.78. The van der Waals surface area contributed by atoms with E-state index in [2.05, 4.69) is 15.6 Å². The summed E-state index contributed by atoms with van der Waals surface area (Å²) < 4.78 is 0. The molecular formula is C28H35N7O3. The molecule has 3 amide bonds. The van der Waals surface area contributed by atoms with Gasteiger partial charge in [-0.25, -0.2) is 0 Å². The summed E-state index contributed by atoms with van der Waals surface area (Å²) in [6.45, 7) is 1.18. The Morgan fingerprint density at radius 3 is 2.34 bits per heavy atom. The minimum atomic E-state index is -1.14. The van der Waals surface area contributed by atoms with Crippen LogP contribution in [0.4, 0.5) is 5.69 Å². The van der Waals surface area contributed by atoms with Crippen LogP contribution < -0.4 is 27.8 Å². The number of rotatable bonds is 13. The molecule has 200 valence electrons. The molecule has 1 aromatic heterocycles. The van der Waals surface area contributed by atoms with E-state index in [0.29, 0.717) is 18.8 Å². The third-order valence-electron chi connectivity index (χ3n) is 5.85. The number of amides is 3. The fourth-order valence-corrected chi connectivity index (χ4v) is 3.87. The van der Waals surface area contributed by atoms with Crippen LogP contribution in [0.15, 0.2) is 72.9 Å². The molecule has 2 aromatic carbocycles. The lowest BCUT2D eigenvalue weighted by molar-refractivity contribution is -0.134. The van der Waals surface area contributed by atoms with Crippen LogP contribution in [0.2, 0.25) is 0 Å². The number of hydrogen-bond acceptors (Lipinski definition) is 7. The van der Waals surface area contributed by atoms with Gasteiger partial charge in [0.15, 0.2) is 0 Å². The number of para-hydroxylation sites is 1. The van der Waals surface area contributed by atoms with E-state index in [9.17, 15) is 14.4 Å². The van der Waals surface area contributed by atoms with Crippen molar-refractivity contribution in [2.24, 2.45) is 17.2 Å². The maximum Gasteiger partial charge on any atom is 0.247 e. The Balaban J connectivity index is 1.71. The molecule has 2 atom stereocenters. The first kappa shape index (κ1) is 28.5. The first-order valence-corrected chi connectivity index (χ1v) is 12.5. The molecule has 0 saturated carbocycles. The van der Waals surface area contributed by atoms with Crippen LogP contribution in [0.5, 0.6) is 0 Å². The molecular weight excluding hydrogens is 482 g/mol. The zero-order valence-electron chi connectivity index (χ0n) is 21.3. The van der Waals surface area contributed by atoms with Gasteiger partial charge >= 0.3 is 0 Å². The van der Waals surface area contributed by atoms with Gasteiger partial charge in [0, 0.05) is 31.6 Å². The summed E-state index contributed by atoms with van der Waals surface area (Å²) in [6, 6.07) is 16.9. The van der Waals surface area contributed by atoms with Crippen molar-refractivity contribution in [3.8, 4) is 0 Å². The Bertz CT molecular complexity index is 1240. The maximum atomic E-state index is 13.2. The number of carbonyl (C=O) groups is 3. The molecule has 1 heterocycles. The van der Waals surface area contributed by atoms with Crippen LogP contribution >= 0.6 is 0 Å². The Morgan fingerprint density at radius 1 is 0.947 bits per heavy atom. The number of pyridine rings is 1. The monoisotopic (exact) mass is 517 g/mol. The molecule has 0 fully saturated rings. The van der Waals surface area contributed by atoms with Crippen LogP contribution in [0.1, 0.15) is 18.4 Å². The van der Waals surface area contributed by atoms with E-state index in [4.69, 9.17) is 17.2 Å². The summed E-state index contributed by atoms with van der Waals surface area (Å²) in [6.07, 6.45) is 5.21. The average Bonchev–Trinajstić information content (AvgIpc) is 2.92. The zero-order chi connectivity index (χ0) is 27.3. The number of fused-ring (bicyclic) bond motifs is 1. The maximum absolute atomic E-state index is 13.2. The van der Waals surface area contributed by atoms with Crippen LogP contribution in [0.3, 0.4) is 0 Å². The van der Waals surface area contributed by atoms with E-state index >= 15 is 0 Å². The van der Waals surface area contributed by atoms with Crippen molar-refractivity contribution in [3.63, 3.8) is 0 Å². The minimum Gasteiger partial charge on any atom is -0.343 e. The van der Waals surface area contributed by atoms with E-state index in [0.717, 1.165) is 16.5 Å². The number of carbonyl (C=O) groups excluding carboxylic acids is 3. The van der Waals surface area contributed by atoms with E-state index in [1.54, 1.807) is 12.3 Å². The second kappa shape index (κ2) is 14.6. The lowest BCUT2D eigenvalue weighted by Gasteiger charge is -2.24. The van der Waals surface area contributed by atoms with Crippen LogP contribution in [-0.2, 0) is 14.4 Å². The number of benzene rings is 2. The molecule has 10 heteroatoms. The van der Waals surface area contributed by atoms with Crippen molar-refractivity contribution in [1.82, 2.24) is 15.2 Å². The molecule has 8 N–H and O–H groups in total. The van der Waals surface area contributed by atoms with Gasteiger partial charge in [0.25, 0.3) is 0 Å². The molecule has 0 saturated heterocycles. The molecule has 38 heavy (non-hydrogen) atoms. The summed E-state index contributed by atoms with van der Waals surface area (Å²) in [5.74, 6) is -1.36. The van der Waals surface area contributed by atoms with Crippen molar-refractivity contribution in [2.45, 2.75) is 24.9 Å². The summed E-state index contributed by atoms with van der Waals surface area (Å²) in [7, 11) is 0. The van der Waals surface area contributed by atoms with Crippen molar-refractivity contribution >= 4 is 40.4 Å². The number of hydrogen-bond donors (Lipinski definition) is 5. The van der Waals surface area contributed by atoms with E-state index in [1.165, 1.54) is 4.90 Å². The Kier molecular flexibility index (Phi) is 10.9. The van der Waals surface area contributed by atoms with Gasteiger partial charge in [0.05, 0.1) is 29.9 Å². The molecule has 0 aliphatic carbocycles. The molecule has 3 rings (SSSR count). The Morgan fingerprint density at radius 2 is 1.63 bits per heavy atom.